The lowest BCUT2D eigenvalue weighted by Crippen LogP contribution is -2.05. The third-order valence-electron chi connectivity index (χ3n) is 2.15. The molecule has 1 aromatic carbocycles. The molecular weight excluding hydrogens is 259 g/mol. The van der Waals surface area contributed by atoms with E-state index in [0.717, 1.165) is 12.0 Å². The van der Waals surface area contributed by atoms with Gasteiger partial charge in [0.2, 0.25) is 0 Å². The van der Waals surface area contributed by atoms with Gasteiger partial charge in [-0.3, -0.25) is 0 Å². The summed E-state index contributed by atoms with van der Waals surface area (Å²) in [5, 5.41) is 0. The smallest absolute Gasteiger partial charge is 0.0996 e. The van der Waals surface area contributed by atoms with Gasteiger partial charge in [-0.15, -0.1) is 0 Å². The predicted molar refractivity (Wildman–Crippen MR) is 56.1 cm³/mol. The van der Waals surface area contributed by atoms with Crippen LogP contribution in [-0.2, 0) is 4.32 Å². The first kappa shape index (κ1) is 8.86. The molecule has 1 saturated carbocycles. The van der Waals surface area contributed by atoms with Gasteiger partial charge in [-0.25, -0.2) is 0 Å². The molecule has 1 unspecified atom stereocenters. The van der Waals surface area contributed by atoms with Crippen molar-refractivity contribution in [3.63, 3.8) is 0 Å². The van der Waals surface area contributed by atoms with Gasteiger partial charge in [0, 0.05) is 6.42 Å². The standard InChI is InChI=1S/C9H7BrCl2/c10-8(6-9(8,11)12)7-4-2-1-3-5-7/h1-5H,6H2. The molecule has 1 aromatic rings. The van der Waals surface area contributed by atoms with E-state index in [4.69, 9.17) is 23.2 Å². The first-order valence-electron chi connectivity index (χ1n) is 3.68. The molecule has 3 heteroatoms. The Bertz CT molecular complexity index is 297. The van der Waals surface area contributed by atoms with E-state index in [2.05, 4.69) is 15.9 Å². The average Bonchev–Trinajstić information content (AvgIpc) is 2.55. The Morgan fingerprint density at radius 1 is 1.17 bits per heavy atom. The maximum atomic E-state index is 6.00. The third-order valence-corrected chi connectivity index (χ3v) is 4.94. The van der Waals surface area contributed by atoms with Gasteiger partial charge in [0.15, 0.2) is 0 Å². The molecule has 1 aliphatic rings. The number of hydrogen-bond acceptors (Lipinski definition) is 0. The van der Waals surface area contributed by atoms with Crippen LogP contribution in [0.5, 0.6) is 0 Å². The minimum absolute atomic E-state index is 0.218. The quantitative estimate of drug-likeness (QED) is 0.677. The molecule has 0 aromatic heterocycles. The van der Waals surface area contributed by atoms with Gasteiger partial charge in [0.25, 0.3) is 0 Å². The van der Waals surface area contributed by atoms with Gasteiger partial charge in [-0.05, 0) is 5.56 Å². The van der Waals surface area contributed by atoms with Gasteiger partial charge < -0.3 is 0 Å². The molecule has 0 heterocycles. The Morgan fingerprint density at radius 3 is 2.08 bits per heavy atom. The van der Waals surface area contributed by atoms with E-state index in [1.54, 1.807) is 0 Å². The SMILES string of the molecule is ClC1(Cl)CC1(Br)c1ccccc1. The summed E-state index contributed by atoms with van der Waals surface area (Å²) in [6.45, 7) is 0. The van der Waals surface area contributed by atoms with Crippen LogP contribution in [-0.4, -0.2) is 4.33 Å². The molecule has 12 heavy (non-hydrogen) atoms. The van der Waals surface area contributed by atoms with Gasteiger partial charge in [0.1, 0.15) is 4.33 Å². The van der Waals surface area contributed by atoms with Crippen LogP contribution in [0.25, 0.3) is 0 Å². The van der Waals surface area contributed by atoms with Crippen molar-refractivity contribution in [1.82, 2.24) is 0 Å². The molecule has 0 saturated heterocycles. The minimum Gasteiger partial charge on any atom is -0.0996 e. The second kappa shape index (κ2) is 2.63. The summed E-state index contributed by atoms with van der Waals surface area (Å²) in [5.74, 6) is 0. The van der Waals surface area contributed by atoms with E-state index in [1.165, 1.54) is 0 Å². The molecule has 0 spiro atoms. The summed E-state index contributed by atoms with van der Waals surface area (Å²) in [7, 11) is 0. The number of alkyl halides is 3. The monoisotopic (exact) mass is 264 g/mol. The summed E-state index contributed by atoms with van der Waals surface area (Å²) in [5.41, 5.74) is 1.15. The molecule has 0 N–H and O–H groups in total. The first-order valence-corrected chi connectivity index (χ1v) is 5.23. The fourth-order valence-corrected chi connectivity index (χ4v) is 2.90. The first-order chi connectivity index (χ1) is 5.56. The van der Waals surface area contributed by atoms with Gasteiger partial charge >= 0.3 is 0 Å². The van der Waals surface area contributed by atoms with Gasteiger partial charge in [-0.1, -0.05) is 69.5 Å². The topological polar surface area (TPSA) is 0 Å². The highest BCUT2D eigenvalue weighted by Crippen LogP contribution is 2.68. The van der Waals surface area contributed by atoms with Crippen LogP contribution in [0, 0.1) is 0 Å². The lowest BCUT2D eigenvalue weighted by Gasteiger charge is -2.09. The Balaban J connectivity index is 2.35. The van der Waals surface area contributed by atoms with E-state index in [-0.39, 0.29) is 4.32 Å². The highest BCUT2D eigenvalue weighted by atomic mass is 79.9. The van der Waals surface area contributed by atoms with Crippen molar-refractivity contribution in [2.45, 2.75) is 15.1 Å². The van der Waals surface area contributed by atoms with Crippen molar-refractivity contribution >= 4 is 39.1 Å². The molecule has 1 atom stereocenters. The van der Waals surface area contributed by atoms with Crippen LogP contribution in [0.15, 0.2) is 30.3 Å². The number of halogens is 3. The van der Waals surface area contributed by atoms with E-state index in [0.29, 0.717) is 0 Å². The summed E-state index contributed by atoms with van der Waals surface area (Å²) in [4.78, 5) is 0. The Hall–Kier alpha value is 0.280. The Kier molecular flexibility index (Phi) is 1.94. The summed E-state index contributed by atoms with van der Waals surface area (Å²) in [6, 6.07) is 10.0. The number of benzene rings is 1. The van der Waals surface area contributed by atoms with E-state index < -0.39 is 4.33 Å². The van der Waals surface area contributed by atoms with Crippen molar-refractivity contribution in [2.75, 3.05) is 0 Å². The Labute approximate surface area is 90.0 Å². The van der Waals surface area contributed by atoms with E-state index in [9.17, 15) is 0 Å². The zero-order chi connectivity index (χ0) is 8.82. The molecule has 0 aliphatic heterocycles. The largest absolute Gasteiger partial charge is 0.139 e. The fourth-order valence-electron chi connectivity index (χ4n) is 1.28. The number of hydrogen-bond donors (Lipinski definition) is 0. The van der Waals surface area contributed by atoms with Crippen LogP contribution in [0.2, 0.25) is 0 Å². The molecule has 2 rings (SSSR count). The second-order valence-corrected chi connectivity index (χ2v) is 5.89. The van der Waals surface area contributed by atoms with Crippen molar-refractivity contribution in [2.24, 2.45) is 0 Å². The second-order valence-electron chi connectivity index (χ2n) is 3.05. The van der Waals surface area contributed by atoms with E-state index >= 15 is 0 Å². The highest BCUT2D eigenvalue weighted by Gasteiger charge is 2.65. The van der Waals surface area contributed by atoms with Gasteiger partial charge in [-0.2, -0.15) is 0 Å². The number of rotatable bonds is 1. The minimum atomic E-state index is -0.631. The van der Waals surface area contributed by atoms with Crippen LogP contribution < -0.4 is 0 Å². The maximum absolute atomic E-state index is 6.00. The zero-order valence-electron chi connectivity index (χ0n) is 6.23. The normalized spacial score (nSPS) is 31.6. The molecule has 1 fully saturated rings. The predicted octanol–water partition coefficient (Wildman–Crippen LogP) is 3.85. The van der Waals surface area contributed by atoms with Crippen molar-refractivity contribution in [1.29, 1.82) is 0 Å². The average molecular weight is 266 g/mol. The summed E-state index contributed by atoms with van der Waals surface area (Å²) < 4.78 is -0.848. The van der Waals surface area contributed by atoms with E-state index in [1.807, 2.05) is 30.3 Å². The summed E-state index contributed by atoms with van der Waals surface area (Å²) >= 11 is 15.6. The lowest BCUT2D eigenvalue weighted by atomic mass is 10.1. The van der Waals surface area contributed by atoms with Gasteiger partial charge in [0.05, 0.1) is 4.32 Å². The van der Waals surface area contributed by atoms with Crippen LogP contribution in [0.1, 0.15) is 12.0 Å². The summed E-state index contributed by atoms with van der Waals surface area (Å²) in [6.07, 6.45) is 0.771. The van der Waals surface area contributed by atoms with Crippen molar-refractivity contribution in [3.8, 4) is 0 Å². The van der Waals surface area contributed by atoms with Crippen molar-refractivity contribution in [3.05, 3.63) is 35.9 Å². The molecule has 0 amide bonds. The molecule has 1 aliphatic carbocycles. The van der Waals surface area contributed by atoms with Crippen molar-refractivity contribution < 1.29 is 0 Å². The fraction of sp³-hybridized carbons (Fsp3) is 0.333. The van der Waals surface area contributed by atoms with Crippen LogP contribution in [0.4, 0.5) is 0 Å². The molecular formula is C9H7BrCl2. The molecule has 0 bridgehead atoms. The molecule has 64 valence electrons. The lowest BCUT2D eigenvalue weighted by molar-refractivity contribution is 1.04. The maximum Gasteiger partial charge on any atom is 0.139 e. The molecule has 0 nitrogen and oxygen atoms in total. The highest BCUT2D eigenvalue weighted by molar-refractivity contribution is 9.10. The van der Waals surface area contributed by atoms with Crippen LogP contribution >= 0.6 is 39.1 Å². The van der Waals surface area contributed by atoms with Crippen LogP contribution in [0.3, 0.4) is 0 Å². The zero-order valence-corrected chi connectivity index (χ0v) is 9.33. The molecule has 0 radical (unpaired) electrons. The third kappa shape index (κ3) is 1.19. The Morgan fingerprint density at radius 2 is 1.67 bits per heavy atom.